The molecule has 4 rings (SSSR count). The Labute approximate surface area is 146 Å². The summed E-state index contributed by atoms with van der Waals surface area (Å²) in [5, 5.41) is 0.455. The number of rotatable bonds is 0. The molecule has 138 valence electrons. The Morgan fingerprint density at radius 3 is 1.89 bits per heavy atom. The fourth-order valence-electron chi connectivity index (χ4n) is 2.95. The average Bonchev–Trinajstić information content (AvgIpc) is 2.58. The van der Waals surface area contributed by atoms with E-state index in [-0.39, 0.29) is 27.3 Å². The molecule has 27 heavy (non-hydrogen) atoms. The lowest BCUT2D eigenvalue weighted by atomic mass is 10.0. The lowest BCUT2D eigenvalue weighted by molar-refractivity contribution is -0.138. The monoisotopic (exact) mass is 382 g/mol. The molecule has 0 aliphatic carbocycles. The van der Waals surface area contributed by atoms with Gasteiger partial charge in [0.2, 0.25) is 5.43 Å². The van der Waals surface area contributed by atoms with Crippen molar-refractivity contribution < 1.29 is 30.8 Å². The molecule has 1 aromatic heterocycles. The first-order chi connectivity index (χ1) is 12.5. The average molecular weight is 382 g/mol. The Bertz CT molecular complexity index is 1270. The zero-order chi connectivity index (χ0) is 19.6. The van der Waals surface area contributed by atoms with E-state index in [1.165, 1.54) is 18.2 Å². The van der Waals surface area contributed by atoms with Crippen LogP contribution in [-0.2, 0) is 12.4 Å². The summed E-state index contributed by atoms with van der Waals surface area (Å²) in [6, 6.07) is 8.09. The molecule has 0 saturated heterocycles. The Morgan fingerprint density at radius 2 is 1.22 bits per heavy atom. The maximum atomic E-state index is 12.9. The highest BCUT2D eigenvalue weighted by atomic mass is 19.4. The molecule has 0 aliphatic rings. The predicted octanol–water partition coefficient (Wildman–Crippen LogP) is 6.14. The van der Waals surface area contributed by atoms with E-state index in [1.807, 2.05) is 0 Å². The summed E-state index contributed by atoms with van der Waals surface area (Å²) in [7, 11) is 0. The van der Waals surface area contributed by atoms with E-state index in [4.69, 9.17) is 4.42 Å². The van der Waals surface area contributed by atoms with Gasteiger partial charge in [0.25, 0.3) is 0 Å². The summed E-state index contributed by atoms with van der Waals surface area (Å²) in [5.41, 5.74) is -2.69. The fourth-order valence-corrected chi connectivity index (χ4v) is 2.95. The molecule has 0 fully saturated rings. The largest absolute Gasteiger partial charge is 0.456 e. The minimum atomic E-state index is -4.60. The number of benzene rings is 3. The molecular formula is C19H8F6O2. The van der Waals surface area contributed by atoms with Crippen molar-refractivity contribution in [3.8, 4) is 0 Å². The Kier molecular flexibility index (Phi) is 3.53. The molecule has 0 aliphatic heterocycles. The van der Waals surface area contributed by atoms with Gasteiger partial charge in [0, 0.05) is 0 Å². The third-order valence-electron chi connectivity index (χ3n) is 4.28. The second-order valence-corrected chi connectivity index (χ2v) is 6.05. The van der Waals surface area contributed by atoms with E-state index in [1.54, 1.807) is 0 Å². The van der Waals surface area contributed by atoms with Crippen molar-refractivity contribution >= 4 is 32.7 Å². The number of halogens is 6. The summed E-state index contributed by atoms with van der Waals surface area (Å²) in [5.74, 6) is 0. The third-order valence-corrected chi connectivity index (χ3v) is 4.28. The molecule has 0 N–H and O–H groups in total. The quantitative estimate of drug-likeness (QED) is 0.270. The SMILES string of the molecule is O=c1c2ccc(C(F)(F)F)cc2oc2cc3ccc(C(F)(F)F)cc3cc12. The van der Waals surface area contributed by atoms with Crippen molar-refractivity contribution in [3.05, 3.63) is 69.9 Å². The first-order valence-electron chi connectivity index (χ1n) is 7.63. The van der Waals surface area contributed by atoms with Crippen molar-refractivity contribution in [1.82, 2.24) is 0 Å². The predicted molar refractivity (Wildman–Crippen MR) is 87.5 cm³/mol. The number of hydrogen-bond donors (Lipinski definition) is 0. The molecule has 0 spiro atoms. The minimum Gasteiger partial charge on any atom is -0.456 e. The molecule has 0 amide bonds. The van der Waals surface area contributed by atoms with Crippen LogP contribution < -0.4 is 5.43 Å². The second kappa shape index (κ2) is 5.48. The maximum absolute atomic E-state index is 12.9. The number of fused-ring (bicyclic) bond motifs is 3. The topological polar surface area (TPSA) is 30.2 Å². The fraction of sp³-hybridized carbons (Fsp3) is 0.105. The molecule has 8 heteroatoms. The highest BCUT2D eigenvalue weighted by molar-refractivity contribution is 5.99. The summed E-state index contributed by atoms with van der Waals surface area (Å²) in [4.78, 5) is 12.6. The molecule has 2 nitrogen and oxygen atoms in total. The van der Waals surface area contributed by atoms with Gasteiger partial charge in [-0.05, 0) is 53.2 Å². The lowest BCUT2D eigenvalue weighted by Gasteiger charge is -2.10. The lowest BCUT2D eigenvalue weighted by Crippen LogP contribution is -2.07. The van der Waals surface area contributed by atoms with E-state index < -0.39 is 28.9 Å². The van der Waals surface area contributed by atoms with Crippen LogP contribution >= 0.6 is 0 Å². The number of hydrogen-bond acceptors (Lipinski definition) is 2. The van der Waals surface area contributed by atoms with Crippen LogP contribution in [0.25, 0.3) is 32.7 Å². The van der Waals surface area contributed by atoms with Gasteiger partial charge in [-0.2, -0.15) is 26.3 Å². The van der Waals surface area contributed by atoms with Crippen molar-refractivity contribution in [1.29, 1.82) is 0 Å². The van der Waals surface area contributed by atoms with Crippen LogP contribution in [-0.4, -0.2) is 0 Å². The van der Waals surface area contributed by atoms with Crippen LogP contribution in [0, 0.1) is 0 Å². The van der Waals surface area contributed by atoms with Gasteiger partial charge in [0.1, 0.15) is 11.2 Å². The van der Waals surface area contributed by atoms with Gasteiger partial charge < -0.3 is 4.42 Å². The van der Waals surface area contributed by atoms with Gasteiger partial charge in [-0.25, -0.2) is 0 Å². The highest BCUT2D eigenvalue weighted by Gasteiger charge is 2.31. The van der Waals surface area contributed by atoms with Crippen molar-refractivity contribution in [2.24, 2.45) is 0 Å². The van der Waals surface area contributed by atoms with Crippen LogP contribution in [0.4, 0.5) is 26.3 Å². The normalized spacial score (nSPS) is 13.0. The van der Waals surface area contributed by atoms with Crippen LogP contribution in [0.3, 0.4) is 0 Å². The summed E-state index contributed by atoms with van der Waals surface area (Å²) < 4.78 is 82.7. The third kappa shape index (κ3) is 2.90. The van der Waals surface area contributed by atoms with E-state index in [0.29, 0.717) is 5.39 Å². The molecule has 0 bridgehead atoms. The Balaban J connectivity index is 2.03. The van der Waals surface area contributed by atoms with Gasteiger partial charge in [0.05, 0.1) is 21.9 Å². The summed E-state index contributed by atoms with van der Waals surface area (Å²) >= 11 is 0. The Hall–Kier alpha value is -3.03. The molecule has 0 unspecified atom stereocenters. The van der Waals surface area contributed by atoms with E-state index >= 15 is 0 Å². The van der Waals surface area contributed by atoms with Crippen molar-refractivity contribution in [3.63, 3.8) is 0 Å². The molecule has 0 saturated carbocycles. The maximum Gasteiger partial charge on any atom is 0.416 e. The summed E-state index contributed by atoms with van der Waals surface area (Å²) in [6.07, 6.45) is -9.13. The van der Waals surface area contributed by atoms with Crippen LogP contribution in [0.2, 0.25) is 0 Å². The smallest absolute Gasteiger partial charge is 0.416 e. The minimum absolute atomic E-state index is 0.000849. The molecule has 3 aromatic carbocycles. The van der Waals surface area contributed by atoms with E-state index in [9.17, 15) is 31.1 Å². The van der Waals surface area contributed by atoms with E-state index in [0.717, 1.165) is 30.3 Å². The van der Waals surface area contributed by atoms with Gasteiger partial charge in [0.15, 0.2) is 0 Å². The zero-order valence-corrected chi connectivity index (χ0v) is 13.2. The first-order valence-corrected chi connectivity index (χ1v) is 7.63. The van der Waals surface area contributed by atoms with Crippen LogP contribution in [0.1, 0.15) is 11.1 Å². The molecular weight excluding hydrogens is 374 g/mol. The van der Waals surface area contributed by atoms with Gasteiger partial charge in [-0.1, -0.05) is 6.07 Å². The van der Waals surface area contributed by atoms with Crippen LogP contribution in [0.15, 0.2) is 57.7 Å². The van der Waals surface area contributed by atoms with Gasteiger partial charge in [-0.3, -0.25) is 4.79 Å². The number of alkyl halides is 6. The Morgan fingerprint density at radius 1 is 0.630 bits per heavy atom. The standard InChI is InChI=1S/C19H8F6O2/c20-18(21,22)11-2-1-9-7-15-14(6-10(9)5-11)17(26)13-4-3-12(19(23,24)25)8-16(13)27-15/h1-8H. The molecule has 4 aromatic rings. The summed E-state index contributed by atoms with van der Waals surface area (Å²) in [6.45, 7) is 0. The molecule has 0 radical (unpaired) electrons. The second-order valence-electron chi connectivity index (χ2n) is 6.05. The van der Waals surface area contributed by atoms with Crippen LogP contribution in [0.5, 0.6) is 0 Å². The zero-order valence-electron chi connectivity index (χ0n) is 13.2. The first kappa shape index (κ1) is 17.4. The molecule has 0 atom stereocenters. The van der Waals surface area contributed by atoms with Gasteiger partial charge >= 0.3 is 12.4 Å². The van der Waals surface area contributed by atoms with Crippen molar-refractivity contribution in [2.45, 2.75) is 12.4 Å². The highest BCUT2D eigenvalue weighted by Crippen LogP contribution is 2.34. The molecule has 1 heterocycles. The van der Waals surface area contributed by atoms with Crippen molar-refractivity contribution in [2.75, 3.05) is 0 Å². The van der Waals surface area contributed by atoms with Gasteiger partial charge in [-0.15, -0.1) is 0 Å². The van der Waals surface area contributed by atoms with E-state index in [2.05, 4.69) is 0 Å².